The quantitative estimate of drug-likeness (QED) is 0.355. The van der Waals surface area contributed by atoms with Crippen molar-refractivity contribution in [2.75, 3.05) is 40.4 Å². The molecule has 5 nitrogen and oxygen atoms in total. The van der Waals surface area contributed by atoms with Crippen molar-refractivity contribution >= 4 is 29.9 Å². The number of hydrogen-bond acceptors (Lipinski definition) is 3. The first-order chi connectivity index (χ1) is 11.9. The standard InChI is InChI=1S/C20H39N3O2.HI/c1-20(2,3)18(24-5)14-22-19(21-4)23-12-10-17(11-13-23)25-15-16-8-6-7-9-16;/h16-18H,6-15H2,1-5H3,(H,21,22);1H. The van der Waals surface area contributed by atoms with E-state index >= 15 is 0 Å². The number of ether oxygens (including phenoxy) is 2. The summed E-state index contributed by atoms with van der Waals surface area (Å²) in [5.74, 6) is 1.80. The molecular weight excluding hydrogens is 441 g/mol. The summed E-state index contributed by atoms with van der Waals surface area (Å²) < 4.78 is 11.8. The average molecular weight is 481 g/mol. The fourth-order valence-corrected chi connectivity index (χ4v) is 3.94. The van der Waals surface area contributed by atoms with Crippen LogP contribution in [-0.2, 0) is 9.47 Å². The second kappa shape index (κ2) is 11.7. The zero-order chi connectivity index (χ0) is 18.3. The Kier molecular flexibility index (Phi) is 10.8. The molecule has 154 valence electrons. The molecule has 1 atom stereocenters. The number of hydrogen-bond donors (Lipinski definition) is 1. The summed E-state index contributed by atoms with van der Waals surface area (Å²) in [6.45, 7) is 10.4. The van der Waals surface area contributed by atoms with Crippen molar-refractivity contribution in [2.24, 2.45) is 16.3 Å². The van der Waals surface area contributed by atoms with Crippen molar-refractivity contribution in [3.8, 4) is 0 Å². The van der Waals surface area contributed by atoms with E-state index in [4.69, 9.17) is 9.47 Å². The summed E-state index contributed by atoms with van der Waals surface area (Å²) in [6.07, 6.45) is 8.30. The lowest BCUT2D eigenvalue weighted by molar-refractivity contribution is 0.000191. The van der Waals surface area contributed by atoms with Crippen LogP contribution < -0.4 is 5.32 Å². The Morgan fingerprint density at radius 3 is 2.27 bits per heavy atom. The number of likely N-dealkylation sites (tertiary alicyclic amines) is 1. The summed E-state index contributed by atoms with van der Waals surface area (Å²) in [5, 5.41) is 3.50. The van der Waals surface area contributed by atoms with Crippen LogP contribution >= 0.6 is 24.0 Å². The Morgan fingerprint density at radius 1 is 1.15 bits per heavy atom. The highest BCUT2D eigenvalue weighted by Gasteiger charge is 2.27. The van der Waals surface area contributed by atoms with Gasteiger partial charge < -0.3 is 19.7 Å². The van der Waals surface area contributed by atoms with Crippen molar-refractivity contribution in [1.29, 1.82) is 0 Å². The lowest BCUT2D eigenvalue weighted by Crippen LogP contribution is -2.50. The third kappa shape index (κ3) is 7.50. The lowest BCUT2D eigenvalue weighted by Gasteiger charge is -2.36. The maximum Gasteiger partial charge on any atom is 0.193 e. The molecule has 26 heavy (non-hydrogen) atoms. The molecule has 1 N–H and O–H groups in total. The Bertz CT molecular complexity index is 412. The highest BCUT2D eigenvalue weighted by molar-refractivity contribution is 14.0. The number of methoxy groups -OCH3 is 1. The number of halogens is 1. The highest BCUT2D eigenvalue weighted by Crippen LogP contribution is 2.26. The van der Waals surface area contributed by atoms with Crippen molar-refractivity contribution in [1.82, 2.24) is 10.2 Å². The maximum absolute atomic E-state index is 6.18. The van der Waals surface area contributed by atoms with E-state index in [1.807, 2.05) is 7.05 Å². The Morgan fingerprint density at radius 2 is 1.77 bits per heavy atom. The van der Waals surface area contributed by atoms with Crippen LogP contribution in [0.15, 0.2) is 4.99 Å². The Hall–Kier alpha value is -0.0800. The van der Waals surface area contributed by atoms with Crippen LogP contribution in [0.2, 0.25) is 0 Å². The number of rotatable bonds is 6. The summed E-state index contributed by atoms with van der Waals surface area (Å²) in [7, 11) is 3.65. The zero-order valence-corrected chi connectivity index (χ0v) is 19.8. The van der Waals surface area contributed by atoms with Crippen molar-refractivity contribution < 1.29 is 9.47 Å². The van der Waals surface area contributed by atoms with Gasteiger partial charge in [0.15, 0.2) is 5.96 Å². The monoisotopic (exact) mass is 481 g/mol. The maximum atomic E-state index is 6.18. The molecule has 1 aliphatic heterocycles. The van der Waals surface area contributed by atoms with Crippen LogP contribution in [0.25, 0.3) is 0 Å². The lowest BCUT2D eigenvalue weighted by atomic mass is 9.89. The smallest absolute Gasteiger partial charge is 0.193 e. The molecule has 2 rings (SSSR count). The van der Waals surface area contributed by atoms with Crippen LogP contribution in [0.3, 0.4) is 0 Å². The van der Waals surface area contributed by atoms with E-state index in [2.05, 4.69) is 36.0 Å². The summed E-state index contributed by atoms with van der Waals surface area (Å²) in [6, 6.07) is 0. The molecule has 0 aromatic rings. The van der Waals surface area contributed by atoms with E-state index in [0.29, 0.717) is 6.10 Å². The van der Waals surface area contributed by atoms with Crippen LogP contribution in [0.5, 0.6) is 0 Å². The molecular formula is C20H40IN3O2. The molecule has 0 bridgehead atoms. The molecule has 1 aliphatic carbocycles. The van der Waals surface area contributed by atoms with Crippen molar-refractivity contribution in [3.05, 3.63) is 0 Å². The first-order valence-corrected chi connectivity index (χ1v) is 10.0. The molecule has 2 fully saturated rings. The predicted octanol–water partition coefficient (Wildman–Crippen LogP) is 3.91. The number of aliphatic imine (C=N–C) groups is 1. The molecule has 0 spiro atoms. The van der Waals surface area contributed by atoms with Gasteiger partial charge in [-0.25, -0.2) is 0 Å². The van der Waals surface area contributed by atoms with Gasteiger partial charge in [0, 0.05) is 40.4 Å². The molecule has 0 radical (unpaired) electrons. The van der Waals surface area contributed by atoms with Crippen molar-refractivity contribution in [3.63, 3.8) is 0 Å². The second-order valence-electron chi connectivity index (χ2n) is 8.69. The van der Waals surface area contributed by atoms with E-state index in [1.165, 1.54) is 25.7 Å². The Labute approximate surface area is 177 Å². The number of piperidine rings is 1. The minimum atomic E-state index is 0. The van der Waals surface area contributed by atoms with Gasteiger partial charge in [-0.3, -0.25) is 4.99 Å². The van der Waals surface area contributed by atoms with Gasteiger partial charge in [-0.2, -0.15) is 0 Å². The molecule has 1 heterocycles. The number of nitrogens with zero attached hydrogens (tertiary/aromatic N) is 2. The van der Waals surface area contributed by atoms with E-state index in [-0.39, 0.29) is 35.5 Å². The predicted molar refractivity (Wildman–Crippen MR) is 120 cm³/mol. The van der Waals surface area contributed by atoms with Gasteiger partial charge in [-0.15, -0.1) is 24.0 Å². The van der Waals surface area contributed by atoms with Crippen LogP contribution in [0, 0.1) is 11.3 Å². The van der Waals surface area contributed by atoms with Crippen molar-refractivity contribution in [2.45, 2.75) is 71.5 Å². The molecule has 1 saturated carbocycles. The third-order valence-electron chi connectivity index (χ3n) is 5.69. The first kappa shape index (κ1) is 24.0. The molecule has 0 aromatic carbocycles. The van der Waals surface area contributed by atoms with Gasteiger partial charge in [0.1, 0.15) is 0 Å². The summed E-state index contributed by atoms with van der Waals surface area (Å²) in [5.41, 5.74) is 0.113. The molecule has 1 saturated heterocycles. The number of nitrogens with one attached hydrogen (secondary N) is 1. The molecule has 1 unspecified atom stereocenters. The summed E-state index contributed by atoms with van der Waals surface area (Å²) in [4.78, 5) is 6.82. The normalized spacial score (nSPS) is 21.6. The topological polar surface area (TPSA) is 46.1 Å². The average Bonchev–Trinajstić information content (AvgIpc) is 3.10. The summed E-state index contributed by atoms with van der Waals surface area (Å²) >= 11 is 0. The highest BCUT2D eigenvalue weighted by atomic mass is 127. The Balaban J connectivity index is 0.00000338. The van der Waals surface area contributed by atoms with E-state index in [9.17, 15) is 0 Å². The molecule has 0 aromatic heterocycles. The number of guanidine groups is 1. The van der Waals surface area contributed by atoms with Crippen LogP contribution in [0.1, 0.15) is 59.3 Å². The van der Waals surface area contributed by atoms with Gasteiger partial charge in [0.25, 0.3) is 0 Å². The van der Waals surface area contributed by atoms with Gasteiger partial charge in [-0.1, -0.05) is 33.6 Å². The SMILES string of the molecule is CN=C(NCC(OC)C(C)(C)C)N1CCC(OCC2CCCC2)CC1.I. The van der Waals surface area contributed by atoms with Gasteiger partial charge >= 0.3 is 0 Å². The van der Waals surface area contributed by atoms with Gasteiger partial charge in [0.05, 0.1) is 12.2 Å². The third-order valence-corrected chi connectivity index (χ3v) is 5.69. The van der Waals surface area contributed by atoms with Gasteiger partial charge in [0.2, 0.25) is 0 Å². The fourth-order valence-electron chi connectivity index (χ4n) is 3.94. The fraction of sp³-hybridized carbons (Fsp3) is 0.950. The first-order valence-electron chi connectivity index (χ1n) is 10.0. The molecule has 0 amide bonds. The minimum absolute atomic E-state index is 0. The van der Waals surface area contributed by atoms with Gasteiger partial charge in [-0.05, 0) is 37.0 Å². The molecule has 6 heteroatoms. The largest absolute Gasteiger partial charge is 0.379 e. The van der Waals surface area contributed by atoms with E-state index in [0.717, 1.165) is 51.0 Å². The van der Waals surface area contributed by atoms with E-state index < -0.39 is 0 Å². The molecule has 2 aliphatic rings. The van der Waals surface area contributed by atoms with Crippen LogP contribution in [0.4, 0.5) is 0 Å². The second-order valence-corrected chi connectivity index (χ2v) is 8.69. The minimum Gasteiger partial charge on any atom is -0.379 e. The van der Waals surface area contributed by atoms with E-state index in [1.54, 1.807) is 7.11 Å². The zero-order valence-electron chi connectivity index (χ0n) is 17.4. The van der Waals surface area contributed by atoms with Crippen LogP contribution in [-0.4, -0.2) is 63.5 Å².